The van der Waals surface area contributed by atoms with Gasteiger partial charge in [-0.2, -0.15) is 18.3 Å². The van der Waals surface area contributed by atoms with Crippen molar-refractivity contribution in [2.75, 3.05) is 18.0 Å². The predicted molar refractivity (Wildman–Crippen MR) is 85.9 cm³/mol. The Morgan fingerprint density at radius 2 is 2.16 bits per heavy atom. The summed E-state index contributed by atoms with van der Waals surface area (Å²) in [6, 6.07) is 0. The normalized spacial score (nSPS) is 18.6. The molecule has 7 nitrogen and oxygen atoms in total. The molecule has 0 radical (unpaired) electrons. The lowest BCUT2D eigenvalue weighted by Crippen LogP contribution is -2.36. The summed E-state index contributed by atoms with van der Waals surface area (Å²) in [6.45, 7) is 2.54. The molecule has 1 aliphatic heterocycles. The molecule has 25 heavy (non-hydrogen) atoms. The van der Waals surface area contributed by atoms with Crippen molar-refractivity contribution in [3.63, 3.8) is 0 Å². The van der Waals surface area contributed by atoms with Crippen molar-refractivity contribution < 1.29 is 18.1 Å². The number of hydrogen-bond acceptors (Lipinski definition) is 6. The molecule has 3 heterocycles. The predicted octanol–water partition coefficient (Wildman–Crippen LogP) is 3.50. The number of alkyl halides is 3. The van der Waals surface area contributed by atoms with Crippen molar-refractivity contribution in [1.82, 2.24) is 14.8 Å². The molecule has 1 atom stereocenters. The Morgan fingerprint density at radius 1 is 1.44 bits per heavy atom. The number of piperidine rings is 1. The van der Waals surface area contributed by atoms with Gasteiger partial charge in [-0.15, -0.1) is 11.3 Å². The highest BCUT2D eigenvalue weighted by Gasteiger charge is 2.36. The van der Waals surface area contributed by atoms with Gasteiger partial charge in [0, 0.05) is 31.4 Å². The van der Waals surface area contributed by atoms with Crippen LogP contribution in [0.15, 0.2) is 5.38 Å². The van der Waals surface area contributed by atoms with E-state index in [1.54, 1.807) is 14.0 Å². The monoisotopic (exact) mass is 375 g/mol. The van der Waals surface area contributed by atoms with E-state index in [9.17, 15) is 23.3 Å². The minimum Gasteiger partial charge on any atom is -0.350 e. The molecule has 3 rings (SSSR count). The minimum atomic E-state index is -4.46. The first-order chi connectivity index (χ1) is 11.7. The van der Waals surface area contributed by atoms with Gasteiger partial charge in [0.25, 0.3) is 0 Å². The van der Waals surface area contributed by atoms with Crippen molar-refractivity contribution in [3.05, 3.63) is 31.9 Å². The van der Waals surface area contributed by atoms with Crippen molar-refractivity contribution >= 4 is 22.8 Å². The number of thiazole rings is 1. The zero-order valence-electron chi connectivity index (χ0n) is 13.6. The molecule has 1 aliphatic rings. The molecule has 0 N–H and O–H groups in total. The first kappa shape index (κ1) is 17.6. The van der Waals surface area contributed by atoms with Gasteiger partial charge in [0.05, 0.1) is 9.93 Å². The molecular formula is C14H16F3N5O2S. The van der Waals surface area contributed by atoms with Gasteiger partial charge >= 0.3 is 11.9 Å². The van der Waals surface area contributed by atoms with Crippen molar-refractivity contribution in [2.24, 2.45) is 7.05 Å². The van der Waals surface area contributed by atoms with Crippen LogP contribution in [0.5, 0.6) is 0 Å². The quantitative estimate of drug-likeness (QED) is 0.606. The fourth-order valence-corrected chi connectivity index (χ4v) is 4.13. The highest BCUT2D eigenvalue weighted by molar-refractivity contribution is 7.09. The van der Waals surface area contributed by atoms with Crippen LogP contribution in [0, 0.1) is 17.0 Å². The van der Waals surface area contributed by atoms with Gasteiger partial charge < -0.3 is 4.90 Å². The lowest BCUT2D eigenvalue weighted by atomic mass is 9.98. The zero-order valence-corrected chi connectivity index (χ0v) is 14.4. The Bertz CT molecular complexity index is 801. The van der Waals surface area contributed by atoms with Crippen LogP contribution in [0.25, 0.3) is 0 Å². The Morgan fingerprint density at radius 3 is 2.76 bits per heavy atom. The number of nitro groups is 1. The summed E-state index contributed by atoms with van der Waals surface area (Å²) in [6.07, 6.45) is -3.04. The number of nitrogens with zero attached hydrogens (tertiary/aromatic N) is 5. The summed E-state index contributed by atoms with van der Waals surface area (Å²) in [7, 11) is 1.63. The lowest BCUT2D eigenvalue weighted by Gasteiger charge is -2.32. The second kappa shape index (κ2) is 6.28. The SMILES string of the molecule is Cc1nn(C)c(N2CCCC(c3nc(C(F)(F)F)cs3)C2)c1[N+](=O)[O-]. The molecule has 0 saturated carbocycles. The van der Waals surface area contributed by atoms with E-state index in [0.29, 0.717) is 42.5 Å². The molecule has 1 fully saturated rings. The molecular weight excluding hydrogens is 359 g/mol. The summed E-state index contributed by atoms with van der Waals surface area (Å²) in [5, 5.41) is 16.9. The maximum Gasteiger partial charge on any atom is 0.434 e. The van der Waals surface area contributed by atoms with Crippen LogP contribution >= 0.6 is 11.3 Å². The second-order valence-electron chi connectivity index (χ2n) is 5.99. The number of hydrogen-bond donors (Lipinski definition) is 0. The maximum atomic E-state index is 12.8. The Balaban J connectivity index is 1.87. The Labute approximate surface area is 145 Å². The van der Waals surface area contributed by atoms with Crippen molar-refractivity contribution in [1.29, 1.82) is 0 Å². The van der Waals surface area contributed by atoms with Crippen LogP contribution in [0.3, 0.4) is 0 Å². The Kier molecular flexibility index (Phi) is 4.43. The molecule has 0 bridgehead atoms. The molecule has 0 aromatic carbocycles. The molecule has 0 aliphatic carbocycles. The molecule has 0 amide bonds. The van der Waals surface area contributed by atoms with Gasteiger partial charge in [-0.3, -0.25) is 10.1 Å². The maximum absolute atomic E-state index is 12.8. The minimum absolute atomic E-state index is 0.0572. The number of aromatic nitrogens is 3. The third kappa shape index (κ3) is 3.32. The Hall–Kier alpha value is -2.17. The van der Waals surface area contributed by atoms with Gasteiger partial charge in [-0.05, 0) is 19.8 Å². The number of halogens is 3. The summed E-state index contributed by atoms with van der Waals surface area (Å²) in [4.78, 5) is 16.4. The van der Waals surface area contributed by atoms with Crippen LogP contribution in [0.1, 0.15) is 35.2 Å². The van der Waals surface area contributed by atoms with E-state index in [1.165, 1.54) is 4.68 Å². The first-order valence-corrected chi connectivity index (χ1v) is 8.52. The van der Waals surface area contributed by atoms with Crippen molar-refractivity contribution in [2.45, 2.75) is 31.9 Å². The van der Waals surface area contributed by atoms with Gasteiger partial charge in [-0.25, -0.2) is 9.67 Å². The molecule has 136 valence electrons. The van der Waals surface area contributed by atoms with E-state index in [0.717, 1.165) is 16.7 Å². The fraction of sp³-hybridized carbons (Fsp3) is 0.571. The van der Waals surface area contributed by atoms with Gasteiger partial charge in [0.1, 0.15) is 5.69 Å². The number of rotatable bonds is 3. The zero-order chi connectivity index (χ0) is 18.4. The number of aryl methyl sites for hydroxylation is 2. The molecule has 0 spiro atoms. The average molecular weight is 375 g/mol. The summed E-state index contributed by atoms with van der Waals surface area (Å²) in [5.41, 5.74) is -0.622. The van der Waals surface area contributed by atoms with Crippen LogP contribution in [-0.2, 0) is 13.2 Å². The highest BCUT2D eigenvalue weighted by atomic mass is 32.1. The molecule has 11 heteroatoms. The van der Waals surface area contributed by atoms with Gasteiger partial charge in [0.15, 0.2) is 5.69 Å². The van der Waals surface area contributed by atoms with E-state index < -0.39 is 16.8 Å². The van der Waals surface area contributed by atoms with Crippen LogP contribution < -0.4 is 4.90 Å². The van der Waals surface area contributed by atoms with E-state index >= 15 is 0 Å². The second-order valence-corrected chi connectivity index (χ2v) is 6.88. The summed E-state index contributed by atoms with van der Waals surface area (Å²) in [5.74, 6) is 0.199. The van der Waals surface area contributed by atoms with Crippen LogP contribution in [0.2, 0.25) is 0 Å². The van der Waals surface area contributed by atoms with Crippen LogP contribution in [0.4, 0.5) is 24.7 Å². The lowest BCUT2D eigenvalue weighted by molar-refractivity contribution is -0.384. The topological polar surface area (TPSA) is 77.1 Å². The van der Waals surface area contributed by atoms with Crippen LogP contribution in [-0.4, -0.2) is 32.8 Å². The van der Waals surface area contributed by atoms with E-state index in [1.807, 2.05) is 4.90 Å². The molecule has 2 aromatic heterocycles. The first-order valence-electron chi connectivity index (χ1n) is 7.64. The summed E-state index contributed by atoms with van der Waals surface area (Å²) >= 11 is 0.986. The van der Waals surface area contributed by atoms with E-state index in [4.69, 9.17) is 0 Å². The third-order valence-corrected chi connectivity index (χ3v) is 5.23. The van der Waals surface area contributed by atoms with E-state index in [-0.39, 0.29) is 11.6 Å². The smallest absolute Gasteiger partial charge is 0.350 e. The summed E-state index contributed by atoms with van der Waals surface area (Å²) < 4.78 is 39.7. The molecule has 2 aromatic rings. The molecule has 1 unspecified atom stereocenters. The average Bonchev–Trinajstić information content (AvgIpc) is 3.11. The standard InChI is InChI=1S/C14H16F3N5O2S/c1-8-11(22(23)24)13(20(2)19-8)21-5-3-4-9(6-21)12-18-10(7-25-12)14(15,16)17/h7,9H,3-6H2,1-2H3. The third-order valence-electron chi connectivity index (χ3n) is 4.23. The largest absolute Gasteiger partial charge is 0.434 e. The number of anilines is 1. The van der Waals surface area contributed by atoms with Gasteiger partial charge in [-0.1, -0.05) is 0 Å². The fourth-order valence-electron chi connectivity index (χ4n) is 3.18. The molecule has 1 saturated heterocycles. The highest BCUT2D eigenvalue weighted by Crippen LogP contribution is 2.38. The van der Waals surface area contributed by atoms with Gasteiger partial charge in [0.2, 0.25) is 5.82 Å². The van der Waals surface area contributed by atoms with Crippen molar-refractivity contribution in [3.8, 4) is 0 Å². The van der Waals surface area contributed by atoms with E-state index in [2.05, 4.69) is 10.1 Å².